The van der Waals surface area contributed by atoms with Gasteiger partial charge in [-0.2, -0.15) is 0 Å². The zero-order chi connectivity index (χ0) is 13.4. The Bertz CT molecular complexity index is 533. The SMILES string of the molecule is COc1cccc(S(=O)(=O)C2(C(C)N)CCC2)c1. The average molecular weight is 269 g/mol. The summed E-state index contributed by atoms with van der Waals surface area (Å²) in [5, 5.41) is 0. The summed E-state index contributed by atoms with van der Waals surface area (Å²) >= 11 is 0. The van der Waals surface area contributed by atoms with E-state index in [1.807, 2.05) is 0 Å². The average Bonchev–Trinajstić information content (AvgIpc) is 2.26. The van der Waals surface area contributed by atoms with E-state index in [0.717, 1.165) is 6.42 Å². The van der Waals surface area contributed by atoms with Crippen molar-refractivity contribution in [1.29, 1.82) is 0 Å². The Morgan fingerprint density at radius 2 is 2.06 bits per heavy atom. The van der Waals surface area contributed by atoms with E-state index in [1.165, 1.54) is 7.11 Å². The maximum Gasteiger partial charge on any atom is 0.185 e. The van der Waals surface area contributed by atoms with E-state index in [4.69, 9.17) is 10.5 Å². The molecule has 0 aromatic heterocycles. The van der Waals surface area contributed by atoms with Crippen LogP contribution in [0.5, 0.6) is 5.75 Å². The Morgan fingerprint density at radius 1 is 1.39 bits per heavy atom. The lowest BCUT2D eigenvalue weighted by Crippen LogP contribution is -2.56. The number of benzene rings is 1. The summed E-state index contributed by atoms with van der Waals surface area (Å²) < 4.78 is 29.7. The Morgan fingerprint density at radius 3 is 2.50 bits per heavy atom. The van der Waals surface area contributed by atoms with Crippen molar-refractivity contribution in [3.63, 3.8) is 0 Å². The van der Waals surface area contributed by atoms with Crippen molar-refractivity contribution in [2.45, 2.75) is 41.9 Å². The minimum absolute atomic E-state index is 0.304. The molecule has 1 atom stereocenters. The summed E-state index contributed by atoms with van der Waals surface area (Å²) in [6.07, 6.45) is 2.21. The van der Waals surface area contributed by atoms with Crippen LogP contribution < -0.4 is 10.5 Å². The molecule has 0 radical (unpaired) electrons. The van der Waals surface area contributed by atoms with Crippen LogP contribution in [0.2, 0.25) is 0 Å². The highest BCUT2D eigenvalue weighted by atomic mass is 32.2. The van der Waals surface area contributed by atoms with Gasteiger partial charge in [-0.1, -0.05) is 12.5 Å². The quantitative estimate of drug-likeness (QED) is 0.904. The van der Waals surface area contributed by atoms with E-state index < -0.39 is 14.6 Å². The Kier molecular flexibility index (Phi) is 3.38. The summed E-state index contributed by atoms with van der Waals surface area (Å²) in [6, 6.07) is 6.25. The predicted molar refractivity (Wildman–Crippen MR) is 70.4 cm³/mol. The highest BCUT2D eigenvalue weighted by Gasteiger charge is 2.52. The van der Waals surface area contributed by atoms with Crippen molar-refractivity contribution >= 4 is 9.84 Å². The van der Waals surface area contributed by atoms with Crippen LogP contribution in [-0.4, -0.2) is 26.3 Å². The van der Waals surface area contributed by atoms with Crippen molar-refractivity contribution < 1.29 is 13.2 Å². The molecule has 5 heteroatoms. The summed E-state index contributed by atoms with van der Waals surface area (Å²) in [5.74, 6) is 0.551. The van der Waals surface area contributed by atoms with Crippen LogP contribution in [0, 0.1) is 0 Å². The van der Waals surface area contributed by atoms with Crippen molar-refractivity contribution in [2.75, 3.05) is 7.11 Å². The van der Waals surface area contributed by atoms with Crippen molar-refractivity contribution in [3.05, 3.63) is 24.3 Å². The zero-order valence-corrected chi connectivity index (χ0v) is 11.5. The molecule has 1 saturated carbocycles. The number of hydrogen-bond acceptors (Lipinski definition) is 4. The van der Waals surface area contributed by atoms with E-state index in [9.17, 15) is 8.42 Å². The van der Waals surface area contributed by atoms with Gasteiger partial charge in [0, 0.05) is 6.04 Å². The van der Waals surface area contributed by atoms with E-state index in [2.05, 4.69) is 0 Å². The highest BCUT2D eigenvalue weighted by molar-refractivity contribution is 7.93. The summed E-state index contributed by atoms with van der Waals surface area (Å²) in [6.45, 7) is 1.77. The summed E-state index contributed by atoms with van der Waals surface area (Å²) in [5.41, 5.74) is 5.92. The van der Waals surface area contributed by atoms with Gasteiger partial charge in [0.1, 0.15) is 5.75 Å². The van der Waals surface area contributed by atoms with E-state index in [1.54, 1.807) is 31.2 Å². The number of ether oxygens (including phenoxy) is 1. The lowest BCUT2D eigenvalue weighted by Gasteiger charge is -2.44. The van der Waals surface area contributed by atoms with Gasteiger partial charge in [0.15, 0.2) is 9.84 Å². The van der Waals surface area contributed by atoms with Crippen LogP contribution in [-0.2, 0) is 9.84 Å². The molecule has 18 heavy (non-hydrogen) atoms. The van der Waals surface area contributed by atoms with Gasteiger partial charge in [0.05, 0.1) is 16.8 Å². The van der Waals surface area contributed by atoms with Crippen molar-refractivity contribution in [3.8, 4) is 5.75 Å². The molecule has 4 nitrogen and oxygen atoms in total. The molecule has 1 unspecified atom stereocenters. The van der Waals surface area contributed by atoms with Gasteiger partial charge in [-0.05, 0) is 38.0 Å². The molecule has 0 spiro atoms. The first-order valence-corrected chi connectivity index (χ1v) is 7.56. The second kappa shape index (κ2) is 4.55. The second-order valence-electron chi connectivity index (χ2n) is 4.89. The van der Waals surface area contributed by atoms with Crippen LogP contribution in [0.3, 0.4) is 0 Å². The first-order chi connectivity index (χ1) is 8.44. The van der Waals surface area contributed by atoms with Gasteiger partial charge in [0.2, 0.25) is 0 Å². The Balaban J connectivity index is 2.47. The fraction of sp³-hybridized carbons (Fsp3) is 0.538. The maximum atomic E-state index is 12.7. The number of rotatable bonds is 4. The topological polar surface area (TPSA) is 69.4 Å². The third-order valence-electron chi connectivity index (χ3n) is 3.92. The largest absolute Gasteiger partial charge is 0.497 e. The third kappa shape index (κ3) is 1.82. The van der Waals surface area contributed by atoms with Crippen LogP contribution in [0.4, 0.5) is 0 Å². The fourth-order valence-electron chi connectivity index (χ4n) is 2.50. The molecular formula is C13H19NO3S. The van der Waals surface area contributed by atoms with Crippen molar-refractivity contribution in [1.82, 2.24) is 0 Å². The van der Waals surface area contributed by atoms with Crippen LogP contribution in [0.1, 0.15) is 26.2 Å². The monoisotopic (exact) mass is 269 g/mol. The Hall–Kier alpha value is -1.07. The fourth-order valence-corrected chi connectivity index (χ4v) is 4.81. The molecule has 0 heterocycles. The molecule has 0 saturated heterocycles. The standard InChI is InChI=1S/C13H19NO3S/c1-10(14)13(7-4-8-13)18(15,16)12-6-3-5-11(9-12)17-2/h3,5-6,9-10H,4,7-8,14H2,1-2H3. The predicted octanol–water partition coefficient (Wildman–Crippen LogP) is 1.74. The summed E-state index contributed by atoms with van der Waals surface area (Å²) in [7, 11) is -1.88. The minimum atomic E-state index is -3.40. The number of sulfone groups is 1. The Labute approximate surface area is 108 Å². The smallest absolute Gasteiger partial charge is 0.185 e. The molecule has 0 bridgehead atoms. The van der Waals surface area contributed by atoms with Gasteiger partial charge in [-0.15, -0.1) is 0 Å². The van der Waals surface area contributed by atoms with E-state index in [0.29, 0.717) is 23.5 Å². The highest BCUT2D eigenvalue weighted by Crippen LogP contribution is 2.45. The van der Waals surface area contributed by atoms with Crippen LogP contribution in [0.25, 0.3) is 0 Å². The molecule has 1 fully saturated rings. The van der Waals surface area contributed by atoms with Gasteiger partial charge in [-0.3, -0.25) is 0 Å². The lowest BCUT2D eigenvalue weighted by molar-refractivity contribution is 0.296. The van der Waals surface area contributed by atoms with E-state index in [-0.39, 0.29) is 6.04 Å². The molecule has 2 rings (SSSR count). The zero-order valence-electron chi connectivity index (χ0n) is 10.7. The van der Waals surface area contributed by atoms with Gasteiger partial charge < -0.3 is 10.5 Å². The van der Waals surface area contributed by atoms with Crippen LogP contribution in [0.15, 0.2) is 29.2 Å². The summed E-state index contributed by atoms with van der Waals surface area (Å²) in [4.78, 5) is 0.304. The molecule has 1 aromatic rings. The third-order valence-corrected chi connectivity index (χ3v) is 6.64. The van der Waals surface area contributed by atoms with E-state index >= 15 is 0 Å². The maximum absolute atomic E-state index is 12.7. The first kappa shape index (κ1) is 13.4. The molecule has 1 aliphatic carbocycles. The molecule has 1 aliphatic rings. The normalized spacial score (nSPS) is 19.9. The molecule has 0 amide bonds. The van der Waals surface area contributed by atoms with Crippen LogP contribution >= 0.6 is 0 Å². The van der Waals surface area contributed by atoms with Gasteiger partial charge in [0.25, 0.3) is 0 Å². The van der Waals surface area contributed by atoms with Crippen molar-refractivity contribution in [2.24, 2.45) is 5.73 Å². The molecule has 100 valence electrons. The minimum Gasteiger partial charge on any atom is -0.497 e. The molecular weight excluding hydrogens is 250 g/mol. The second-order valence-corrected chi connectivity index (χ2v) is 7.18. The number of nitrogens with two attached hydrogens (primary N) is 1. The van der Waals surface area contributed by atoms with Gasteiger partial charge in [-0.25, -0.2) is 8.42 Å². The molecule has 0 aliphatic heterocycles. The molecule has 1 aromatic carbocycles. The number of methoxy groups -OCH3 is 1. The first-order valence-electron chi connectivity index (χ1n) is 6.08. The molecule has 2 N–H and O–H groups in total. The number of hydrogen-bond donors (Lipinski definition) is 1. The lowest BCUT2D eigenvalue weighted by atomic mass is 9.79. The van der Waals surface area contributed by atoms with Gasteiger partial charge >= 0.3 is 0 Å².